The van der Waals surface area contributed by atoms with Gasteiger partial charge in [-0.25, -0.2) is 0 Å². The van der Waals surface area contributed by atoms with Crippen molar-refractivity contribution in [3.05, 3.63) is 58.7 Å². The molecule has 0 saturated heterocycles. The average Bonchev–Trinajstić information content (AvgIpc) is 2.39. The molecule has 106 valence electrons. The van der Waals surface area contributed by atoms with Crippen LogP contribution in [0.4, 0.5) is 0 Å². The third-order valence-electron chi connectivity index (χ3n) is 3.12. The molecule has 0 amide bonds. The van der Waals surface area contributed by atoms with Crippen LogP contribution in [0.2, 0.25) is 0 Å². The lowest BCUT2D eigenvalue weighted by atomic mass is 10.1. The van der Waals surface area contributed by atoms with Gasteiger partial charge in [0.15, 0.2) is 0 Å². The van der Waals surface area contributed by atoms with Crippen LogP contribution in [0.1, 0.15) is 22.3 Å². The number of para-hydroxylation sites is 2. The van der Waals surface area contributed by atoms with Crippen molar-refractivity contribution in [2.75, 3.05) is 0 Å². The zero-order valence-corrected chi connectivity index (χ0v) is 12.9. The van der Waals surface area contributed by atoms with E-state index in [-0.39, 0.29) is 0 Å². The summed E-state index contributed by atoms with van der Waals surface area (Å²) in [4.78, 5) is 0. The Morgan fingerprint density at radius 1 is 0.700 bits per heavy atom. The lowest BCUT2D eigenvalue weighted by Gasteiger charge is -2.12. The van der Waals surface area contributed by atoms with Crippen LogP contribution < -0.4 is 8.37 Å². The Kier molecular flexibility index (Phi) is 4.45. The monoisotopic (exact) mass is 290 g/mol. The summed E-state index contributed by atoms with van der Waals surface area (Å²) in [6, 6.07) is 11.5. The molecule has 0 unspecified atom stereocenters. The van der Waals surface area contributed by atoms with Gasteiger partial charge in [0.1, 0.15) is 11.5 Å². The molecule has 0 aliphatic heterocycles. The van der Waals surface area contributed by atoms with Gasteiger partial charge >= 0.3 is 11.4 Å². The van der Waals surface area contributed by atoms with E-state index in [4.69, 9.17) is 8.37 Å². The third kappa shape index (κ3) is 3.20. The third-order valence-corrected chi connectivity index (χ3v) is 3.73. The quantitative estimate of drug-likeness (QED) is 0.855. The van der Waals surface area contributed by atoms with Crippen molar-refractivity contribution in [3.63, 3.8) is 0 Å². The first-order valence-electron chi connectivity index (χ1n) is 6.40. The molecule has 2 aromatic rings. The topological polar surface area (TPSA) is 35.5 Å². The Morgan fingerprint density at radius 3 is 1.30 bits per heavy atom. The number of hydrogen-bond donors (Lipinski definition) is 0. The van der Waals surface area contributed by atoms with Crippen molar-refractivity contribution in [1.82, 2.24) is 0 Å². The van der Waals surface area contributed by atoms with Crippen LogP contribution in [0.3, 0.4) is 0 Å². The highest BCUT2D eigenvalue weighted by Crippen LogP contribution is 2.26. The fraction of sp³-hybridized carbons (Fsp3) is 0.250. The molecule has 0 aromatic heterocycles. The Bertz CT molecular complexity index is 554. The van der Waals surface area contributed by atoms with Crippen molar-refractivity contribution in [2.24, 2.45) is 0 Å². The Morgan fingerprint density at radius 2 is 1.00 bits per heavy atom. The van der Waals surface area contributed by atoms with Crippen LogP contribution in [0.5, 0.6) is 11.5 Å². The fourth-order valence-corrected chi connectivity index (χ4v) is 2.85. The number of rotatable bonds is 4. The molecule has 0 aliphatic carbocycles. The molecule has 0 bridgehead atoms. The molecule has 0 aliphatic rings. The highest BCUT2D eigenvalue weighted by Gasteiger charge is 2.13. The summed E-state index contributed by atoms with van der Waals surface area (Å²) < 4.78 is 22.9. The summed E-state index contributed by atoms with van der Waals surface area (Å²) in [5.41, 5.74) is 3.74. The van der Waals surface area contributed by atoms with E-state index in [1.807, 2.05) is 64.1 Å². The number of benzene rings is 2. The van der Waals surface area contributed by atoms with E-state index >= 15 is 0 Å². The van der Waals surface area contributed by atoms with E-state index in [0.29, 0.717) is 11.5 Å². The van der Waals surface area contributed by atoms with E-state index in [9.17, 15) is 4.21 Å². The van der Waals surface area contributed by atoms with E-state index in [1.54, 1.807) is 0 Å². The molecule has 0 atom stereocenters. The van der Waals surface area contributed by atoms with Gasteiger partial charge in [-0.2, -0.15) is 4.21 Å². The van der Waals surface area contributed by atoms with Crippen LogP contribution >= 0.6 is 0 Å². The van der Waals surface area contributed by atoms with Gasteiger partial charge in [-0.1, -0.05) is 36.4 Å². The fourth-order valence-electron chi connectivity index (χ4n) is 2.01. The first-order chi connectivity index (χ1) is 9.49. The van der Waals surface area contributed by atoms with Crippen molar-refractivity contribution in [3.8, 4) is 11.5 Å². The SMILES string of the molecule is Cc1cccc(C)c1OS(=O)Oc1c(C)cccc1C. The maximum absolute atomic E-state index is 12.1. The van der Waals surface area contributed by atoms with Crippen LogP contribution in [0.15, 0.2) is 36.4 Å². The first kappa shape index (κ1) is 14.6. The zero-order chi connectivity index (χ0) is 14.7. The van der Waals surface area contributed by atoms with Crippen LogP contribution in [0, 0.1) is 27.7 Å². The first-order valence-corrected chi connectivity index (χ1v) is 7.40. The maximum atomic E-state index is 12.1. The zero-order valence-electron chi connectivity index (χ0n) is 12.1. The van der Waals surface area contributed by atoms with Gasteiger partial charge in [0.05, 0.1) is 0 Å². The largest absolute Gasteiger partial charge is 0.417 e. The van der Waals surface area contributed by atoms with E-state index < -0.39 is 11.4 Å². The van der Waals surface area contributed by atoms with Gasteiger partial charge < -0.3 is 8.37 Å². The van der Waals surface area contributed by atoms with Crippen molar-refractivity contribution >= 4 is 11.4 Å². The van der Waals surface area contributed by atoms with E-state index in [0.717, 1.165) is 22.3 Å². The normalized spacial score (nSPS) is 10.7. The van der Waals surface area contributed by atoms with Gasteiger partial charge in [-0.05, 0) is 49.9 Å². The summed E-state index contributed by atoms with van der Waals surface area (Å²) in [6.45, 7) is 7.66. The highest BCUT2D eigenvalue weighted by atomic mass is 32.2. The predicted molar refractivity (Wildman–Crippen MR) is 81.2 cm³/mol. The lowest BCUT2D eigenvalue weighted by Crippen LogP contribution is -2.11. The van der Waals surface area contributed by atoms with Crippen molar-refractivity contribution < 1.29 is 12.6 Å². The van der Waals surface area contributed by atoms with Gasteiger partial charge in [0.2, 0.25) is 0 Å². The van der Waals surface area contributed by atoms with Crippen LogP contribution in [0.25, 0.3) is 0 Å². The number of hydrogen-bond acceptors (Lipinski definition) is 3. The summed E-state index contributed by atoms with van der Waals surface area (Å²) in [5.74, 6) is 1.22. The Labute approximate surface area is 122 Å². The molecule has 0 fully saturated rings. The van der Waals surface area contributed by atoms with Gasteiger partial charge in [-0.15, -0.1) is 0 Å². The molecule has 2 rings (SSSR count). The predicted octanol–water partition coefficient (Wildman–Crippen LogP) is 3.96. The summed E-state index contributed by atoms with van der Waals surface area (Å²) in [6.07, 6.45) is 0. The molecule has 0 spiro atoms. The second-order valence-electron chi connectivity index (χ2n) is 4.81. The Balaban J connectivity index is 2.18. The molecular weight excluding hydrogens is 272 g/mol. The second-order valence-corrected chi connectivity index (χ2v) is 5.55. The smallest absolute Gasteiger partial charge is 0.371 e. The molecule has 0 radical (unpaired) electrons. The summed E-state index contributed by atoms with van der Waals surface area (Å²) >= 11 is -1.86. The molecule has 4 heteroatoms. The lowest BCUT2D eigenvalue weighted by molar-refractivity contribution is 0.455. The minimum absolute atomic E-state index is 0.608. The average molecular weight is 290 g/mol. The summed E-state index contributed by atoms with van der Waals surface area (Å²) in [7, 11) is 0. The molecule has 0 heterocycles. The van der Waals surface area contributed by atoms with Crippen molar-refractivity contribution in [2.45, 2.75) is 27.7 Å². The highest BCUT2D eigenvalue weighted by molar-refractivity contribution is 7.76. The van der Waals surface area contributed by atoms with Crippen molar-refractivity contribution in [1.29, 1.82) is 0 Å². The van der Waals surface area contributed by atoms with E-state index in [2.05, 4.69) is 0 Å². The molecule has 0 saturated carbocycles. The van der Waals surface area contributed by atoms with E-state index in [1.165, 1.54) is 0 Å². The minimum Gasteiger partial charge on any atom is -0.371 e. The molecule has 3 nitrogen and oxygen atoms in total. The van der Waals surface area contributed by atoms with Gasteiger partial charge in [0.25, 0.3) is 0 Å². The van der Waals surface area contributed by atoms with Gasteiger partial charge in [0, 0.05) is 0 Å². The maximum Gasteiger partial charge on any atom is 0.417 e. The standard InChI is InChI=1S/C16H18O3S/c1-11-7-5-8-12(2)15(11)18-20(17)19-16-13(3)9-6-10-14(16)4/h5-10H,1-4H3. The summed E-state index contributed by atoms with van der Waals surface area (Å²) in [5, 5.41) is 0. The van der Waals surface area contributed by atoms with Gasteiger partial charge in [-0.3, -0.25) is 0 Å². The molecule has 0 N–H and O–H groups in total. The van der Waals surface area contributed by atoms with Crippen LogP contribution in [-0.4, -0.2) is 4.21 Å². The Hall–Kier alpha value is -1.81. The number of aryl methyl sites for hydroxylation is 4. The molecular formula is C16H18O3S. The molecule has 20 heavy (non-hydrogen) atoms. The van der Waals surface area contributed by atoms with Crippen LogP contribution in [-0.2, 0) is 11.4 Å². The molecule has 2 aromatic carbocycles. The second kappa shape index (κ2) is 6.09. The minimum atomic E-state index is -1.86.